The summed E-state index contributed by atoms with van der Waals surface area (Å²) in [6, 6.07) is 13.7. The summed E-state index contributed by atoms with van der Waals surface area (Å²) in [4.78, 5) is 38.4. The monoisotopic (exact) mass is 367 g/mol. The molecule has 0 aliphatic carbocycles. The lowest BCUT2D eigenvalue weighted by atomic mass is 9.99. The number of hydrogen-bond acceptors (Lipinski definition) is 4. The number of para-hydroxylation sites is 2. The first-order valence-electron chi connectivity index (χ1n) is 8.64. The van der Waals surface area contributed by atoms with Crippen LogP contribution < -0.4 is 20.3 Å². The molecule has 1 atom stereocenters. The van der Waals surface area contributed by atoms with Gasteiger partial charge in [0.05, 0.1) is 5.69 Å². The summed E-state index contributed by atoms with van der Waals surface area (Å²) >= 11 is 0. The fraction of sp³-hybridized carbons (Fsp3) is 0.250. The molecule has 1 aliphatic rings. The highest BCUT2D eigenvalue weighted by molar-refractivity contribution is 6.19. The first kappa shape index (κ1) is 18.4. The van der Waals surface area contributed by atoms with E-state index in [2.05, 4.69) is 10.6 Å². The molecule has 3 amide bonds. The Morgan fingerprint density at radius 1 is 1.04 bits per heavy atom. The van der Waals surface area contributed by atoms with Crippen LogP contribution in [0.5, 0.6) is 5.75 Å². The van der Waals surface area contributed by atoms with Crippen LogP contribution in [0.25, 0.3) is 0 Å². The third-order valence-corrected chi connectivity index (χ3v) is 4.34. The van der Waals surface area contributed by atoms with E-state index in [1.165, 1.54) is 18.7 Å². The van der Waals surface area contributed by atoms with Crippen molar-refractivity contribution >= 4 is 34.8 Å². The number of fused-ring (bicyclic) bond motifs is 1. The van der Waals surface area contributed by atoms with Crippen LogP contribution in [-0.2, 0) is 14.4 Å². The lowest BCUT2D eigenvalue weighted by Crippen LogP contribution is -2.60. The summed E-state index contributed by atoms with van der Waals surface area (Å²) in [7, 11) is 0. The second-order valence-electron chi connectivity index (χ2n) is 6.37. The van der Waals surface area contributed by atoms with Gasteiger partial charge in [0.15, 0.2) is 0 Å². The van der Waals surface area contributed by atoms with Gasteiger partial charge in [-0.05, 0) is 50.2 Å². The molecule has 2 N–H and O–H groups in total. The van der Waals surface area contributed by atoms with Gasteiger partial charge in [-0.2, -0.15) is 0 Å². The Hall–Kier alpha value is -3.35. The third-order valence-electron chi connectivity index (χ3n) is 4.34. The molecule has 0 saturated heterocycles. The number of likely N-dealkylation sites (N-methyl/N-ethyl adjacent to an activating group) is 1. The number of benzene rings is 2. The fourth-order valence-corrected chi connectivity index (χ4v) is 2.94. The van der Waals surface area contributed by atoms with Gasteiger partial charge in [-0.1, -0.05) is 12.1 Å². The maximum atomic E-state index is 12.9. The van der Waals surface area contributed by atoms with Crippen molar-refractivity contribution in [2.75, 3.05) is 22.1 Å². The Bertz CT molecular complexity index is 894. The molecule has 3 rings (SSSR count). The highest BCUT2D eigenvalue weighted by Crippen LogP contribution is 2.37. The van der Waals surface area contributed by atoms with Crippen LogP contribution in [0.1, 0.15) is 20.8 Å². The van der Waals surface area contributed by atoms with Gasteiger partial charge in [0.25, 0.3) is 17.4 Å². The second-order valence-corrected chi connectivity index (χ2v) is 6.37. The first-order valence-corrected chi connectivity index (χ1v) is 8.64. The molecule has 0 fully saturated rings. The zero-order valence-corrected chi connectivity index (χ0v) is 15.4. The minimum atomic E-state index is -1.68. The van der Waals surface area contributed by atoms with E-state index in [1.54, 1.807) is 42.5 Å². The molecular weight excluding hydrogens is 346 g/mol. The summed E-state index contributed by atoms with van der Waals surface area (Å²) in [6.07, 6.45) is 0. The van der Waals surface area contributed by atoms with E-state index in [1.807, 2.05) is 13.0 Å². The number of anilines is 3. The van der Waals surface area contributed by atoms with Gasteiger partial charge in [-0.25, -0.2) is 0 Å². The molecule has 1 heterocycles. The first-order chi connectivity index (χ1) is 12.8. The van der Waals surface area contributed by atoms with E-state index in [-0.39, 0.29) is 5.91 Å². The van der Waals surface area contributed by atoms with Crippen LogP contribution in [0, 0.1) is 0 Å². The molecule has 7 heteroatoms. The van der Waals surface area contributed by atoms with E-state index in [9.17, 15) is 14.4 Å². The molecule has 2 aromatic carbocycles. The van der Waals surface area contributed by atoms with Crippen LogP contribution in [0.15, 0.2) is 48.5 Å². The summed E-state index contributed by atoms with van der Waals surface area (Å²) in [5.74, 6) is -0.680. The molecule has 27 heavy (non-hydrogen) atoms. The van der Waals surface area contributed by atoms with E-state index >= 15 is 0 Å². The van der Waals surface area contributed by atoms with Gasteiger partial charge in [0.1, 0.15) is 5.75 Å². The summed E-state index contributed by atoms with van der Waals surface area (Å²) in [6.45, 7) is 5.15. The van der Waals surface area contributed by atoms with Gasteiger partial charge < -0.3 is 20.3 Å². The maximum Gasteiger partial charge on any atom is 0.280 e. The van der Waals surface area contributed by atoms with Crippen LogP contribution in [0.4, 0.5) is 17.1 Å². The standard InChI is InChI=1S/C20H21N3O4/c1-4-23-16-7-5-6-8-17(16)27-20(3,19(23)26)18(25)22-15-11-9-14(10-12-15)21-13(2)24/h5-12H,4H2,1-3H3,(H,21,24)(H,22,25). The van der Waals surface area contributed by atoms with Gasteiger partial charge >= 0.3 is 0 Å². The van der Waals surface area contributed by atoms with Crippen molar-refractivity contribution in [3.63, 3.8) is 0 Å². The van der Waals surface area contributed by atoms with Gasteiger partial charge in [-0.3, -0.25) is 14.4 Å². The summed E-state index contributed by atoms with van der Waals surface area (Å²) in [5.41, 5.74) is 0.0760. The van der Waals surface area contributed by atoms with E-state index in [0.717, 1.165) is 0 Å². The highest BCUT2D eigenvalue weighted by atomic mass is 16.5. The SMILES string of the molecule is CCN1C(=O)C(C)(C(=O)Nc2ccc(NC(C)=O)cc2)Oc2ccccc21. The predicted octanol–water partition coefficient (Wildman–Crippen LogP) is 2.79. The zero-order valence-electron chi connectivity index (χ0n) is 15.4. The van der Waals surface area contributed by atoms with Gasteiger partial charge in [0, 0.05) is 24.8 Å². The number of hydrogen-bond donors (Lipinski definition) is 2. The molecule has 0 aromatic heterocycles. The van der Waals surface area contributed by atoms with Crippen LogP contribution in [0.3, 0.4) is 0 Å². The van der Waals surface area contributed by atoms with Gasteiger partial charge in [-0.15, -0.1) is 0 Å². The van der Waals surface area contributed by atoms with Crippen LogP contribution in [-0.4, -0.2) is 29.9 Å². The lowest BCUT2D eigenvalue weighted by molar-refractivity contribution is -0.145. The Labute approximate surface area is 157 Å². The Kier molecular flexibility index (Phi) is 4.85. The number of rotatable bonds is 4. The molecular formula is C20H21N3O4. The van der Waals surface area contributed by atoms with E-state index in [4.69, 9.17) is 4.74 Å². The Morgan fingerprint density at radius 3 is 2.22 bits per heavy atom. The number of ether oxygens (including phenoxy) is 1. The largest absolute Gasteiger partial charge is 0.465 e. The number of carbonyl (C=O) groups is 3. The average molecular weight is 367 g/mol. The average Bonchev–Trinajstić information content (AvgIpc) is 2.64. The summed E-state index contributed by atoms with van der Waals surface area (Å²) < 4.78 is 5.81. The van der Waals surface area contributed by atoms with Crippen molar-refractivity contribution in [2.24, 2.45) is 0 Å². The van der Waals surface area contributed by atoms with Crippen LogP contribution >= 0.6 is 0 Å². The molecule has 0 bridgehead atoms. The minimum absolute atomic E-state index is 0.182. The normalized spacial score (nSPS) is 18.3. The van der Waals surface area contributed by atoms with Crippen molar-refractivity contribution in [1.82, 2.24) is 0 Å². The maximum absolute atomic E-state index is 12.9. The van der Waals surface area contributed by atoms with Crippen LogP contribution in [0.2, 0.25) is 0 Å². The molecule has 0 radical (unpaired) electrons. The fourth-order valence-electron chi connectivity index (χ4n) is 2.94. The van der Waals surface area contributed by atoms with Crippen molar-refractivity contribution in [3.8, 4) is 5.75 Å². The Morgan fingerprint density at radius 2 is 1.63 bits per heavy atom. The number of amides is 3. The van der Waals surface area contributed by atoms with Crippen molar-refractivity contribution in [1.29, 1.82) is 0 Å². The molecule has 0 saturated carbocycles. The number of nitrogens with zero attached hydrogens (tertiary/aromatic N) is 1. The molecule has 2 aromatic rings. The molecule has 1 unspecified atom stereocenters. The quantitative estimate of drug-likeness (QED) is 0.814. The van der Waals surface area contributed by atoms with Crippen molar-refractivity contribution in [2.45, 2.75) is 26.4 Å². The van der Waals surface area contributed by atoms with Crippen molar-refractivity contribution in [3.05, 3.63) is 48.5 Å². The minimum Gasteiger partial charge on any atom is -0.465 e. The Balaban J connectivity index is 1.83. The predicted molar refractivity (Wildman–Crippen MR) is 103 cm³/mol. The van der Waals surface area contributed by atoms with E-state index < -0.39 is 17.4 Å². The third kappa shape index (κ3) is 3.48. The zero-order chi connectivity index (χ0) is 19.6. The smallest absolute Gasteiger partial charge is 0.280 e. The topological polar surface area (TPSA) is 87.7 Å². The summed E-state index contributed by atoms with van der Waals surface area (Å²) in [5, 5.41) is 5.36. The number of carbonyl (C=O) groups excluding carboxylic acids is 3. The highest BCUT2D eigenvalue weighted by Gasteiger charge is 2.50. The molecule has 7 nitrogen and oxygen atoms in total. The molecule has 140 valence electrons. The van der Waals surface area contributed by atoms with Gasteiger partial charge in [0.2, 0.25) is 5.91 Å². The molecule has 1 aliphatic heterocycles. The van der Waals surface area contributed by atoms with Crippen molar-refractivity contribution < 1.29 is 19.1 Å². The van der Waals surface area contributed by atoms with E-state index in [0.29, 0.717) is 29.4 Å². The molecule has 0 spiro atoms. The lowest BCUT2D eigenvalue weighted by Gasteiger charge is -2.39. The number of nitrogens with one attached hydrogen (secondary N) is 2. The second kappa shape index (κ2) is 7.11.